The topological polar surface area (TPSA) is 55.8 Å². The van der Waals surface area contributed by atoms with Gasteiger partial charge in [0.1, 0.15) is 5.60 Å². The number of amides is 1. The Morgan fingerprint density at radius 2 is 1.75 bits per heavy atom. The zero-order valence-corrected chi connectivity index (χ0v) is 13.7. The Bertz CT molecular complexity index is 307. The monoisotopic (exact) mass is 287 g/mol. The van der Waals surface area contributed by atoms with Crippen molar-refractivity contribution in [3.63, 3.8) is 0 Å². The molecule has 0 fully saturated rings. The normalized spacial score (nSPS) is 11.6. The molecule has 5 heteroatoms. The maximum absolute atomic E-state index is 12.1. The van der Waals surface area contributed by atoms with Crippen LogP contribution >= 0.6 is 0 Å². The molecule has 0 bridgehead atoms. The number of carbonyl (C=O) groups excluding carboxylic acids is 2. The summed E-state index contributed by atoms with van der Waals surface area (Å²) in [6.45, 7) is 11.3. The molecule has 0 radical (unpaired) electrons. The minimum absolute atomic E-state index is 0.0263. The first-order valence-corrected chi connectivity index (χ1v) is 7.14. The number of carbonyl (C=O) groups is 2. The Morgan fingerprint density at radius 1 is 1.15 bits per heavy atom. The minimum atomic E-state index is -0.506. The molecule has 0 aliphatic heterocycles. The number of methoxy groups -OCH3 is 1. The maximum Gasteiger partial charge on any atom is 0.306 e. The van der Waals surface area contributed by atoms with E-state index in [0.717, 1.165) is 0 Å². The van der Waals surface area contributed by atoms with Gasteiger partial charge in [-0.05, 0) is 26.7 Å². The first-order valence-electron chi connectivity index (χ1n) is 7.14. The Balaban J connectivity index is 4.27. The van der Waals surface area contributed by atoms with Gasteiger partial charge in [-0.1, -0.05) is 13.8 Å². The van der Waals surface area contributed by atoms with Crippen LogP contribution in [0.1, 0.15) is 47.5 Å². The molecule has 0 rings (SSSR count). The number of nitrogens with zero attached hydrogens (tertiary/aromatic N) is 1. The summed E-state index contributed by atoms with van der Waals surface area (Å²) in [6.07, 6.45) is 0.309. The Morgan fingerprint density at radius 3 is 2.20 bits per heavy atom. The number of hydrogen-bond donors (Lipinski definition) is 0. The fraction of sp³-hybridized carbons (Fsp3) is 0.867. The van der Waals surface area contributed by atoms with Crippen molar-refractivity contribution >= 4 is 11.9 Å². The predicted molar refractivity (Wildman–Crippen MR) is 78.4 cm³/mol. The molecule has 0 aromatic heterocycles. The van der Waals surface area contributed by atoms with E-state index in [1.165, 1.54) is 0 Å². The zero-order chi connectivity index (χ0) is 15.8. The summed E-state index contributed by atoms with van der Waals surface area (Å²) in [5.41, 5.74) is -0.506. The Labute approximate surface area is 122 Å². The standard InChI is InChI=1S/C15H29NO4/c1-12(2)11-16(9-10-19-6)13(17)7-8-14(18)20-15(3,4)5/h12H,7-11H2,1-6H3. The lowest BCUT2D eigenvalue weighted by Crippen LogP contribution is -2.37. The first kappa shape index (κ1) is 18.9. The van der Waals surface area contributed by atoms with Gasteiger partial charge in [0.05, 0.1) is 13.0 Å². The van der Waals surface area contributed by atoms with Crippen LogP contribution in [0.15, 0.2) is 0 Å². The smallest absolute Gasteiger partial charge is 0.306 e. The van der Waals surface area contributed by atoms with E-state index in [-0.39, 0.29) is 24.7 Å². The van der Waals surface area contributed by atoms with Crippen molar-refractivity contribution in [3.8, 4) is 0 Å². The van der Waals surface area contributed by atoms with Crippen LogP contribution in [0.2, 0.25) is 0 Å². The van der Waals surface area contributed by atoms with E-state index in [1.54, 1.807) is 12.0 Å². The average molecular weight is 287 g/mol. The molecule has 5 nitrogen and oxygen atoms in total. The summed E-state index contributed by atoms with van der Waals surface area (Å²) in [7, 11) is 1.61. The quantitative estimate of drug-likeness (QED) is 0.642. The fourth-order valence-corrected chi connectivity index (χ4v) is 1.72. The van der Waals surface area contributed by atoms with Gasteiger partial charge in [-0.3, -0.25) is 9.59 Å². The van der Waals surface area contributed by atoms with Crippen molar-refractivity contribution in [2.24, 2.45) is 5.92 Å². The summed E-state index contributed by atoms with van der Waals surface area (Å²) in [5, 5.41) is 0. The van der Waals surface area contributed by atoms with Crippen LogP contribution in [0.5, 0.6) is 0 Å². The number of ether oxygens (including phenoxy) is 2. The van der Waals surface area contributed by atoms with E-state index in [0.29, 0.717) is 25.6 Å². The molecule has 0 unspecified atom stereocenters. The van der Waals surface area contributed by atoms with Crippen LogP contribution in [0.3, 0.4) is 0 Å². The molecule has 0 aliphatic carbocycles. The highest BCUT2D eigenvalue weighted by molar-refractivity contribution is 5.81. The second-order valence-corrected chi connectivity index (χ2v) is 6.31. The lowest BCUT2D eigenvalue weighted by molar-refractivity contribution is -0.156. The molecule has 20 heavy (non-hydrogen) atoms. The highest BCUT2D eigenvalue weighted by atomic mass is 16.6. The van der Waals surface area contributed by atoms with E-state index in [1.807, 2.05) is 20.8 Å². The maximum atomic E-state index is 12.1. The van der Waals surface area contributed by atoms with Crippen LogP contribution in [0.4, 0.5) is 0 Å². The largest absolute Gasteiger partial charge is 0.460 e. The van der Waals surface area contributed by atoms with E-state index < -0.39 is 5.60 Å². The van der Waals surface area contributed by atoms with Crippen LogP contribution in [0, 0.1) is 5.92 Å². The lowest BCUT2D eigenvalue weighted by atomic mass is 10.1. The van der Waals surface area contributed by atoms with Gasteiger partial charge in [-0.15, -0.1) is 0 Å². The van der Waals surface area contributed by atoms with Crippen LogP contribution in [-0.4, -0.2) is 49.2 Å². The molecule has 0 saturated carbocycles. The van der Waals surface area contributed by atoms with Crippen molar-refractivity contribution in [1.29, 1.82) is 0 Å². The summed E-state index contributed by atoms with van der Waals surface area (Å²) in [4.78, 5) is 25.5. The molecule has 0 saturated heterocycles. The fourth-order valence-electron chi connectivity index (χ4n) is 1.72. The van der Waals surface area contributed by atoms with Gasteiger partial charge in [-0.2, -0.15) is 0 Å². The minimum Gasteiger partial charge on any atom is -0.460 e. The van der Waals surface area contributed by atoms with Gasteiger partial charge in [0.2, 0.25) is 5.91 Å². The summed E-state index contributed by atoms with van der Waals surface area (Å²) >= 11 is 0. The second kappa shape index (κ2) is 8.95. The second-order valence-electron chi connectivity index (χ2n) is 6.31. The first-order chi connectivity index (χ1) is 9.15. The SMILES string of the molecule is COCCN(CC(C)C)C(=O)CCC(=O)OC(C)(C)C. The van der Waals surface area contributed by atoms with Crippen LogP contribution in [0.25, 0.3) is 0 Å². The summed E-state index contributed by atoms with van der Waals surface area (Å²) in [5.74, 6) is 0.0287. The van der Waals surface area contributed by atoms with Gasteiger partial charge in [0, 0.05) is 26.6 Å². The van der Waals surface area contributed by atoms with Gasteiger partial charge in [0.25, 0.3) is 0 Å². The lowest BCUT2D eigenvalue weighted by Gasteiger charge is -2.24. The zero-order valence-electron chi connectivity index (χ0n) is 13.7. The van der Waals surface area contributed by atoms with Gasteiger partial charge >= 0.3 is 5.97 Å². The van der Waals surface area contributed by atoms with Crippen LogP contribution in [-0.2, 0) is 19.1 Å². The molecule has 0 aliphatic rings. The van der Waals surface area contributed by atoms with Gasteiger partial charge in [-0.25, -0.2) is 0 Å². The van der Waals surface area contributed by atoms with Crippen LogP contribution < -0.4 is 0 Å². The van der Waals surface area contributed by atoms with E-state index >= 15 is 0 Å². The molecule has 0 N–H and O–H groups in total. The highest BCUT2D eigenvalue weighted by Gasteiger charge is 2.19. The Hall–Kier alpha value is -1.10. The van der Waals surface area contributed by atoms with Crippen molar-refractivity contribution in [2.75, 3.05) is 26.8 Å². The third-order valence-electron chi connectivity index (χ3n) is 2.47. The highest BCUT2D eigenvalue weighted by Crippen LogP contribution is 2.10. The van der Waals surface area contributed by atoms with Gasteiger partial charge < -0.3 is 14.4 Å². The van der Waals surface area contributed by atoms with E-state index in [4.69, 9.17) is 9.47 Å². The molecule has 0 aromatic rings. The van der Waals surface area contributed by atoms with Gasteiger partial charge in [0.15, 0.2) is 0 Å². The van der Waals surface area contributed by atoms with E-state index in [2.05, 4.69) is 13.8 Å². The molecule has 0 aromatic carbocycles. The molecule has 0 spiro atoms. The van der Waals surface area contributed by atoms with Crippen molar-refractivity contribution < 1.29 is 19.1 Å². The summed E-state index contributed by atoms with van der Waals surface area (Å²) < 4.78 is 10.2. The van der Waals surface area contributed by atoms with Crippen molar-refractivity contribution in [2.45, 2.75) is 53.1 Å². The third-order valence-corrected chi connectivity index (χ3v) is 2.47. The number of hydrogen-bond acceptors (Lipinski definition) is 4. The summed E-state index contributed by atoms with van der Waals surface area (Å²) in [6, 6.07) is 0. The third kappa shape index (κ3) is 9.78. The molecular formula is C15H29NO4. The number of esters is 1. The van der Waals surface area contributed by atoms with E-state index in [9.17, 15) is 9.59 Å². The Kier molecular flexibility index (Phi) is 8.46. The molecule has 0 atom stereocenters. The molecule has 1 amide bonds. The average Bonchev–Trinajstić information content (AvgIpc) is 2.28. The van der Waals surface area contributed by atoms with Crippen molar-refractivity contribution in [1.82, 2.24) is 4.90 Å². The number of rotatable bonds is 8. The predicted octanol–water partition coefficient (Wildman–Crippen LogP) is 2.24. The van der Waals surface area contributed by atoms with Crippen molar-refractivity contribution in [3.05, 3.63) is 0 Å². The molecule has 0 heterocycles. The molecular weight excluding hydrogens is 258 g/mol. The molecule has 118 valence electrons.